The summed E-state index contributed by atoms with van der Waals surface area (Å²) in [6.07, 6.45) is 8.61. The number of hydrogen-bond acceptors (Lipinski definition) is 2. The Kier molecular flexibility index (Phi) is 10.6. The first-order chi connectivity index (χ1) is 8.76. The summed E-state index contributed by atoms with van der Waals surface area (Å²) in [5, 5.41) is 10.8. The van der Waals surface area contributed by atoms with Crippen molar-refractivity contribution in [3.63, 3.8) is 0 Å². The molecule has 0 aliphatic rings. The number of unbranched alkanes of at least 4 members (excludes halogenated alkanes) is 2. The Bertz CT molecular complexity index is 362. The molecule has 0 aliphatic heterocycles. The van der Waals surface area contributed by atoms with E-state index < -0.39 is 0 Å². The van der Waals surface area contributed by atoms with Gasteiger partial charge in [0.2, 0.25) is 0 Å². The van der Waals surface area contributed by atoms with E-state index in [1.807, 2.05) is 24.1 Å². The number of guanidine groups is 1. The molecule has 0 aromatic carbocycles. The number of rotatable bonds is 7. The molecule has 0 fully saturated rings. The van der Waals surface area contributed by atoms with E-state index in [1.165, 1.54) is 24.8 Å². The maximum Gasteiger partial charge on any atom is 0.190 e. The zero-order valence-corrected chi connectivity index (χ0v) is 14.5. The maximum atomic E-state index is 4.20. The van der Waals surface area contributed by atoms with Crippen molar-refractivity contribution < 1.29 is 0 Å². The number of nitrogens with one attached hydrogen (secondary N) is 2. The molecule has 0 amide bonds. The lowest BCUT2D eigenvalue weighted by Gasteiger charge is -2.11. The monoisotopic (exact) mass is 379 g/mol. The van der Waals surface area contributed by atoms with E-state index in [1.54, 1.807) is 7.05 Å². The van der Waals surface area contributed by atoms with Crippen LogP contribution in [-0.4, -0.2) is 35.9 Å². The Labute approximate surface area is 133 Å². The quantitative estimate of drug-likeness (QED) is 0.330. The molecular formula is C13H26IN5. The molecular weight excluding hydrogens is 353 g/mol. The van der Waals surface area contributed by atoms with E-state index in [9.17, 15) is 0 Å². The van der Waals surface area contributed by atoms with Crippen molar-refractivity contribution in [2.75, 3.05) is 20.1 Å². The highest BCUT2D eigenvalue weighted by Crippen LogP contribution is 1.96. The zero-order valence-electron chi connectivity index (χ0n) is 12.1. The van der Waals surface area contributed by atoms with Crippen LogP contribution in [-0.2, 0) is 13.5 Å². The summed E-state index contributed by atoms with van der Waals surface area (Å²) in [6, 6.07) is 0. The number of aryl methyl sites for hydroxylation is 1. The van der Waals surface area contributed by atoms with Crippen LogP contribution in [0.3, 0.4) is 0 Å². The molecule has 0 aliphatic carbocycles. The molecule has 0 saturated heterocycles. The van der Waals surface area contributed by atoms with Gasteiger partial charge in [-0.05, 0) is 18.4 Å². The second-order valence-corrected chi connectivity index (χ2v) is 4.41. The van der Waals surface area contributed by atoms with Crippen LogP contribution in [0.1, 0.15) is 31.7 Å². The van der Waals surface area contributed by atoms with E-state index in [2.05, 4.69) is 27.6 Å². The standard InChI is InChI=1S/C13H25N5.HI/c1-4-5-6-8-15-13(14-2)16-9-7-12-10-17-18(3)11-12;/h10-11H,4-9H2,1-3H3,(H2,14,15,16);1H. The Morgan fingerprint density at radius 1 is 1.32 bits per heavy atom. The first kappa shape index (κ1) is 18.2. The summed E-state index contributed by atoms with van der Waals surface area (Å²) < 4.78 is 1.83. The minimum Gasteiger partial charge on any atom is -0.356 e. The van der Waals surface area contributed by atoms with Crippen molar-refractivity contribution in [2.24, 2.45) is 12.0 Å². The highest BCUT2D eigenvalue weighted by molar-refractivity contribution is 14.0. The lowest BCUT2D eigenvalue weighted by molar-refractivity contribution is 0.682. The van der Waals surface area contributed by atoms with Crippen molar-refractivity contribution in [2.45, 2.75) is 32.6 Å². The van der Waals surface area contributed by atoms with Gasteiger partial charge in [-0.25, -0.2) is 0 Å². The van der Waals surface area contributed by atoms with E-state index in [0.29, 0.717) is 0 Å². The topological polar surface area (TPSA) is 54.2 Å². The van der Waals surface area contributed by atoms with Crippen molar-refractivity contribution >= 4 is 29.9 Å². The van der Waals surface area contributed by atoms with Crippen LogP contribution < -0.4 is 10.6 Å². The van der Waals surface area contributed by atoms with Gasteiger partial charge in [0, 0.05) is 33.4 Å². The number of aromatic nitrogens is 2. The van der Waals surface area contributed by atoms with E-state index in [-0.39, 0.29) is 24.0 Å². The summed E-state index contributed by atoms with van der Waals surface area (Å²) >= 11 is 0. The second kappa shape index (κ2) is 11.1. The molecule has 0 radical (unpaired) electrons. The Morgan fingerprint density at radius 2 is 2.05 bits per heavy atom. The third-order valence-electron chi connectivity index (χ3n) is 2.76. The van der Waals surface area contributed by atoms with Crippen LogP contribution >= 0.6 is 24.0 Å². The van der Waals surface area contributed by atoms with E-state index in [4.69, 9.17) is 0 Å². The van der Waals surface area contributed by atoms with Gasteiger partial charge in [0.15, 0.2) is 5.96 Å². The van der Waals surface area contributed by atoms with Gasteiger partial charge in [0.25, 0.3) is 0 Å². The maximum absolute atomic E-state index is 4.20. The largest absolute Gasteiger partial charge is 0.356 e. The highest BCUT2D eigenvalue weighted by atomic mass is 127. The predicted octanol–water partition coefficient (Wildman–Crippen LogP) is 1.94. The summed E-state index contributed by atoms with van der Waals surface area (Å²) in [4.78, 5) is 4.20. The molecule has 1 aromatic heterocycles. The summed E-state index contributed by atoms with van der Waals surface area (Å²) in [7, 11) is 3.74. The van der Waals surface area contributed by atoms with E-state index in [0.717, 1.165) is 25.5 Å². The first-order valence-corrected chi connectivity index (χ1v) is 6.68. The van der Waals surface area contributed by atoms with Gasteiger partial charge < -0.3 is 10.6 Å². The lowest BCUT2D eigenvalue weighted by Crippen LogP contribution is -2.38. The number of nitrogens with zero attached hydrogens (tertiary/aromatic N) is 3. The van der Waals surface area contributed by atoms with Crippen molar-refractivity contribution in [1.29, 1.82) is 0 Å². The third-order valence-corrected chi connectivity index (χ3v) is 2.76. The van der Waals surface area contributed by atoms with Crippen molar-refractivity contribution in [3.05, 3.63) is 18.0 Å². The predicted molar refractivity (Wildman–Crippen MR) is 91.2 cm³/mol. The Morgan fingerprint density at radius 3 is 2.63 bits per heavy atom. The molecule has 0 spiro atoms. The average molecular weight is 379 g/mol. The van der Waals surface area contributed by atoms with E-state index >= 15 is 0 Å². The molecule has 0 saturated carbocycles. The fourth-order valence-corrected chi connectivity index (χ4v) is 1.73. The molecule has 0 bridgehead atoms. The number of hydrogen-bond donors (Lipinski definition) is 2. The molecule has 2 N–H and O–H groups in total. The fraction of sp³-hybridized carbons (Fsp3) is 0.692. The van der Waals surface area contributed by atoms with Crippen LogP contribution in [0.4, 0.5) is 0 Å². The van der Waals surface area contributed by atoms with Crippen LogP contribution in [0.15, 0.2) is 17.4 Å². The SMILES string of the molecule is CCCCCNC(=NC)NCCc1cnn(C)c1.I. The lowest BCUT2D eigenvalue weighted by atomic mass is 10.2. The van der Waals surface area contributed by atoms with Gasteiger partial charge in [-0.15, -0.1) is 24.0 Å². The van der Waals surface area contributed by atoms with Gasteiger partial charge in [-0.2, -0.15) is 5.10 Å². The Balaban J connectivity index is 0.00000324. The van der Waals surface area contributed by atoms with Crippen LogP contribution in [0.25, 0.3) is 0 Å². The summed E-state index contributed by atoms with van der Waals surface area (Å²) in [5.74, 6) is 0.884. The van der Waals surface area contributed by atoms with Crippen LogP contribution in [0.5, 0.6) is 0 Å². The van der Waals surface area contributed by atoms with Crippen LogP contribution in [0, 0.1) is 0 Å². The minimum absolute atomic E-state index is 0. The normalized spacial score (nSPS) is 11.0. The Hall–Kier alpha value is -0.790. The minimum atomic E-state index is 0. The van der Waals surface area contributed by atoms with Gasteiger partial charge >= 0.3 is 0 Å². The fourth-order valence-electron chi connectivity index (χ4n) is 1.73. The first-order valence-electron chi connectivity index (χ1n) is 6.68. The molecule has 5 nitrogen and oxygen atoms in total. The number of aliphatic imine (C=N–C) groups is 1. The smallest absolute Gasteiger partial charge is 0.190 e. The zero-order chi connectivity index (χ0) is 13.2. The summed E-state index contributed by atoms with van der Waals surface area (Å²) in [6.45, 7) is 4.07. The summed E-state index contributed by atoms with van der Waals surface area (Å²) in [5.41, 5.74) is 1.24. The van der Waals surface area contributed by atoms with Crippen molar-refractivity contribution in [3.8, 4) is 0 Å². The van der Waals surface area contributed by atoms with Gasteiger partial charge in [0.1, 0.15) is 0 Å². The molecule has 6 heteroatoms. The second-order valence-electron chi connectivity index (χ2n) is 4.41. The molecule has 1 heterocycles. The molecule has 110 valence electrons. The van der Waals surface area contributed by atoms with Crippen molar-refractivity contribution in [1.82, 2.24) is 20.4 Å². The molecule has 0 unspecified atom stereocenters. The molecule has 19 heavy (non-hydrogen) atoms. The molecule has 0 atom stereocenters. The third kappa shape index (κ3) is 8.07. The van der Waals surface area contributed by atoms with Gasteiger partial charge in [-0.3, -0.25) is 9.67 Å². The highest BCUT2D eigenvalue weighted by Gasteiger charge is 1.98. The van der Waals surface area contributed by atoms with Gasteiger partial charge in [-0.1, -0.05) is 19.8 Å². The van der Waals surface area contributed by atoms with Gasteiger partial charge in [0.05, 0.1) is 6.20 Å². The average Bonchev–Trinajstić information content (AvgIpc) is 2.78. The van der Waals surface area contributed by atoms with Crippen LogP contribution in [0.2, 0.25) is 0 Å². The molecule has 1 rings (SSSR count). The molecule has 1 aromatic rings. The number of halogens is 1.